The van der Waals surface area contributed by atoms with E-state index in [1.54, 1.807) is 11.0 Å². The molecule has 5 rings (SSSR count). The lowest BCUT2D eigenvalue weighted by Crippen LogP contribution is -2.47. The molecule has 3 atom stereocenters. The lowest BCUT2D eigenvalue weighted by atomic mass is 10.00. The molecular weight excluding hydrogens is 438 g/mol. The molecular formula is C23H21F4N5O. The molecule has 0 radical (unpaired) electrons. The molecule has 1 amide bonds. The van der Waals surface area contributed by atoms with E-state index in [-0.39, 0.29) is 23.9 Å². The second kappa shape index (κ2) is 7.86. The molecule has 0 unspecified atom stereocenters. The number of piperidine rings is 1. The maximum Gasteiger partial charge on any atom is 0.417 e. The van der Waals surface area contributed by atoms with Gasteiger partial charge in [-0.2, -0.15) is 18.3 Å². The number of aromatic amines is 1. The van der Waals surface area contributed by atoms with Crippen molar-refractivity contribution in [2.45, 2.75) is 38.0 Å². The number of aryl methyl sites for hydroxylation is 1. The molecule has 10 heteroatoms. The fourth-order valence-corrected chi connectivity index (χ4v) is 4.88. The van der Waals surface area contributed by atoms with Gasteiger partial charge in [-0.1, -0.05) is 0 Å². The van der Waals surface area contributed by atoms with Crippen LogP contribution >= 0.6 is 0 Å². The zero-order valence-corrected chi connectivity index (χ0v) is 17.7. The second-order valence-corrected chi connectivity index (χ2v) is 8.67. The third-order valence-corrected chi connectivity index (χ3v) is 6.36. The molecule has 2 bridgehead atoms. The Morgan fingerprint density at radius 1 is 1.18 bits per heavy atom. The lowest BCUT2D eigenvalue weighted by molar-refractivity contribution is -0.137. The number of amides is 1. The van der Waals surface area contributed by atoms with E-state index in [0.717, 1.165) is 30.8 Å². The van der Waals surface area contributed by atoms with Crippen LogP contribution in [0.15, 0.2) is 42.6 Å². The van der Waals surface area contributed by atoms with E-state index in [1.165, 1.54) is 24.3 Å². The van der Waals surface area contributed by atoms with E-state index in [1.807, 2.05) is 6.92 Å². The average Bonchev–Trinajstić information content (AvgIpc) is 3.49. The average molecular weight is 459 g/mol. The zero-order chi connectivity index (χ0) is 23.3. The van der Waals surface area contributed by atoms with Crippen LogP contribution in [-0.2, 0) is 6.18 Å². The Balaban J connectivity index is 1.37. The highest BCUT2D eigenvalue weighted by atomic mass is 19.4. The third-order valence-electron chi connectivity index (χ3n) is 6.36. The molecule has 2 aliphatic rings. The number of fused-ring (bicyclic) bond motifs is 2. The summed E-state index contributed by atoms with van der Waals surface area (Å²) in [7, 11) is 0. The molecule has 2 N–H and O–H groups in total. The van der Waals surface area contributed by atoms with Crippen molar-refractivity contribution >= 4 is 11.7 Å². The van der Waals surface area contributed by atoms with Crippen LogP contribution in [0.5, 0.6) is 0 Å². The Morgan fingerprint density at radius 3 is 2.64 bits per heavy atom. The van der Waals surface area contributed by atoms with Gasteiger partial charge in [-0.3, -0.25) is 9.89 Å². The molecule has 2 aromatic heterocycles. The first-order chi connectivity index (χ1) is 15.7. The van der Waals surface area contributed by atoms with Crippen molar-refractivity contribution in [3.63, 3.8) is 0 Å². The minimum atomic E-state index is -4.44. The molecule has 1 aliphatic heterocycles. The lowest BCUT2D eigenvalue weighted by Gasteiger charge is -2.34. The first-order valence-electron chi connectivity index (χ1n) is 10.6. The van der Waals surface area contributed by atoms with Crippen molar-refractivity contribution in [3.8, 4) is 11.3 Å². The van der Waals surface area contributed by atoms with Crippen LogP contribution in [-0.4, -0.2) is 44.6 Å². The summed E-state index contributed by atoms with van der Waals surface area (Å²) >= 11 is 0. The van der Waals surface area contributed by atoms with Crippen LogP contribution in [0.25, 0.3) is 11.3 Å². The largest absolute Gasteiger partial charge is 0.417 e. The number of carbonyl (C=O) groups excluding carboxylic acids is 1. The molecule has 1 aromatic carbocycles. The highest BCUT2D eigenvalue weighted by Crippen LogP contribution is 2.41. The summed E-state index contributed by atoms with van der Waals surface area (Å²) in [5.41, 5.74) is 1.25. The summed E-state index contributed by atoms with van der Waals surface area (Å²) in [5.74, 6) is -0.0621. The van der Waals surface area contributed by atoms with Crippen molar-refractivity contribution in [1.29, 1.82) is 0 Å². The highest BCUT2D eigenvalue weighted by molar-refractivity contribution is 6.01. The number of alkyl halides is 3. The number of nitrogens with zero attached hydrogens (tertiary/aromatic N) is 3. The molecule has 3 heterocycles. The Labute approximate surface area is 187 Å². The number of hydrogen-bond donors (Lipinski definition) is 2. The van der Waals surface area contributed by atoms with Crippen LogP contribution in [0.4, 0.5) is 23.4 Å². The first kappa shape index (κ1) is 21.4. The van der Waals surface area contributed by atoms with E-state index in [0.29, 0.717) is 29.2 Å². The quantitative estimate of drug-likeness (QED) is 0.557. The minimum absolute atomic E-state index is 0.131. The molecule has 1 aliphatic carbocycles. The van der Waals surface area contributed by atoms with Crippen molar-refractivity contribution in [2.75, 3.05) is 11.9 Å². The second-order valence-electron chi connectivity index (χ2n) is 8.67. The van der Waals surface area contributed by atoms with E-state index in [2.05, 4.69) is 20.5 Å². The van der Waals surface area contributed by atoms with Gasteiger partial charge < -0.3 is 10.2 Å². The summed E-state index contributed by atoms with van der Waals surface area (Å²) in [5, 5.41) is 10.2. The van der Waals surface area contributed by atoms with Gasteiger partial charge >= 0.3 is 6.18 Å². The minimum Gasteiger partial charge on any atom is -0.365 e. The SMILES string of the molecule is Cc1cc(-c2cc(F)ccc2C(=O)N2C[C@H]3C[C@@H](Nc4ccc(C(F)(F)F)cn4)[C@@H]2C3)n[nH]1. The molecule has 172 valence electrons. The van der Waals surface area contributed by atoms with Crippen LogP contribution in [0.2, 0.25) is 0 Å². The first-order valence-corrected chi connectivity index (χ1v) is 10.6. The van der Waals surface area contributed by atoms with Gasteiger partial charge in [0.2, 0.25) is 0 Å². The smallest absolute Gasteiger partial charge is 0.365 e. The number of anilines is 1. The van der Waals surface area contributed by atoms with Crippen molar-refractivity contribution < 1.29 is 22.4 Å². The molecule has 6 nitrogen and oxygen atoms in total. The Kier molecular flexibility index (Phi) is 5.10. The van der Waals surface area contributed by atoms with Gasteiger partial charge in [-0.15, -0.1) is 0 Å². The zero-order valence-electron chi connectivity index (χ0n) is 17.7. The van der Waals surface area contributed by atoms with Crippen molar-refractivity contribution in [3.05, 3.63) is 65.2 Å². The highest BCUT2D eigenvalue weighted by Gasteiger charge is 2.47. The van der Waals surface area contributed by atoms with Crippen LogP contribution in [0, 0.1) is 18.7 Å². The van der Waals surface area contributed by atoms with Gasteiger partial charge in [-0.05, 0) is 62.1 Å². The Morgan fingerprint density at radius 2 is 2.00 bits per heavy atom. The summed E-state index contributed by atoms with van der Waals surface area (Å²) in [4.78, 5) is 19.2. The monoisotopic (exact) mass is 459 g/mol. The number of nitrogens with one attached hydrogen (secondary N) is 2. The summed E-state index contributed by atoms with van der Waals surface area (Å²) in [6.45, 7) is 2.40. The fraction of sp³-hybridized carbons (Fsp3) is 0.348. The standard InChI is InChI=1S/C23H21F4N5O/c1-12-6-18(31-30-12)17-9-15(24)3-4-16(17)22(33)32-11-13-7-19(20(32)8-13)29-21-5-2-14(10-28-21)23(25,26)27/h2-6,9-10,13,19-20H,7-8,11H2,1H3,(H,28,29)(H,30,31)/t13-,19+,20-/m0/s1. The predicted octanol–water partition coefficient (Wildman–Crippen LogP) is 4.65. The maximum absolute atomic E-state index is 14.0. The number of benzene rings is 1. The predicted molar refractivity (Wildman–Crippen MR) is 113 cm³/mol. The molecule has 33 heavy (non-hydrogen) atoms. The van der Waals surface area contributed by atoms with E-state index in [4.69, 9.17) is 0 Å². The summed E-state index contributed by atoms with van der Waals surface area (Å²) in [6, 6.07) is 7.82. The number of hydrogen-bond acceptors (Lipinski definition) is 4. The van der Waals surface area contributed by atoms with Gasteiger partial charge in [0, 0.05) is 35.6 Å². The maximum atomic E-state index is 14.0. The number of H-pyrrole nitrogens is 1. The molecule has 1 saturated heterocycles. The van der Waals surface area contributed by atoms with Crippen LogP contribution in [0.1, 0.15) is 34.5 Å². The number of likely N-dealkylation sites (tertiary alicyclic amines) is 1. The van der Waals surface area contributed by atoms with Gasteiger partial charge in [0.25, 0.3) is 5.91 Å². The van der Waals surface area contributed by atoms with Crippen molar-refractivity contribution in [2.24, 2.45) is 5.92 Å². The fourth-order valence-electron chi connectivity index (χ4n) is 4.88. The topological polar surface area (TPSA) is 73.9 Å². The molecule has 1 saturated carbocycles. The molecule has 2 fully saturated rings. The van der Waals surface area contributed by atoms with E-state index < -0.39 is 17.6 Å². The Bertz CT molecular complexity index is 1190. The number of aromatic nitrogens is 3. The summed E-state index contributed by atoms with van der Waals surface area (Å²) in [6.07, 6.45) is -2.05. The van der Waals surface area contributed by atoms with Gasteiger partial charge in [-0.25, -0.2) is 9.37 Å². The van der Waals surface area contributed by atoms with Gasteiger partial charge in [0.15, 0.2) is 0 Å². The van der Waals surface area contributed by atoms with Crippen LogP contribution in [0.3, 0.4) is 0 Å². The number of rotatable bonds is 4. The number of halogens is 4. The molecule has 0 spiro atoms. The summed E-state index contributed by atoms with van der Waals surface area (Å²) < 4.78 is 52.4. The molecule has 3 aromatic rings. The van der Waals surface area contributed by atoms with Crippen molar-refractivity contribution in [1.82, 2.24) is 20.1 Å². The van der Waals surface area contributed by atoms with E-state index in [9.17, 15) is 22.4 Å². The third kappa shape index (κ3) is 4.05. The van der Waals surface area contributed by atoms with E-state index >= 15 is 0 Å². The van der Waals surface area contributed by atoms with Gasteiger partial charge in [0.1, 0.15) is 11.6 Å². The van der Waals surface area contributed by atoms with Crippen LogP contribution < -0.4 is 5.32 Å². The van der Waals surface area contributed by atoms with Gasteiger partial charge in [0.05, 0.1) is 17.3 Å². The number of carbonyl (C=O) groups is 1. The Hall–Kier alpha value is -3.43. The normalized spacial score (nSPS) is 22.1. The number of pyridine rings is 1.